The number of nitrogens with zero attached hydrogens (tertiary/aromatic N) is 8. The smallest absolute Gasteiger partial charge is 0.657 e. The maximum atomic E-state index is 5.33. The van der Waals surface area contributed by atoms with Crippen molar-refractivity contribution in [1.29, 1.82) is 0 Å². The van der Waals surface area contributed by atoms with Crippen LogP contribution in [0.4, 0.5) is 0 Å². The zero-order valence-electron chi connectivity index (χ0n) is 26.8. The number of hydrogen-bond acceptors (Lipinski definition) is 6. The molecule has 2 aliphatic heterocycles. The van der Waals surface area contributed by atoms with Crippen molar-refractivity contribution in [2.45, 2.75) is 0 Å². The molecule has 0 aliphatic carbocycles. The van der Waals surface area contributed by atoms with Gasteiger partial charge in [0, 0.05) is 22.3 Å². The van der Waals surface area contributed by atoms with Gasteiger partial charge in [-0.05, 0) is 24.3 Å². The molecule has 0 atom stereocenters. The van der Waals surface area contributed by atoms with E-state index >= 15 is 0 Å². The van der Waals surface area contributed by atoms with Crippen LogP contribution in [0.3, 0.4) is 0 Å². The maximum absolute atomic E-state index is 5.33. The summed E-state index contributed by atoms with van der Waals surface area (Å²) in [4.78, 5) is 25.7. The SMILES string of the molecule is C[n+]1csc(-c2c3nc(c(-c4c[n+](C)cs4)c4ccc([n-]4)c(-c4c[n+](C)cs4)c4nc(c(-c5c[n+](C)cs5)c5ccc2[n-]5)C=C4)C=C3)c1.[Mn+2]. The van der Waals surface area contributed by atoms with Crippen LogP contribution in [0.15, 0.2) is 71.1 Å². The van der Waals surface area contributed by atoms with Crippen LogP contribution < -0.4 is 28.2 Å². The predicted molar refractivity (Wildman–Crippen MR) is 195 cm³/mol. The molecular formula is C36H28MnN8S4+4. The van der Waals surface area contributed by atoms with Crippen LogP contribution in [0.1, 0.15) is 22.8 Å². The fourth-order valence-corrected chi connectivity index (χ4v) is 9.71. The summed E-state index contributed by atoms with van der Waals surface area (Å²) in [7, 11) is 8.20. The number of aryl methyl sites for hydroxylation is 4. The van der Waals surface area contributed by atoms with Crippen LogP contribution in [0.2, 0.25) is 0 Å². The van der Waals surface area contributed by atoms with E-state index in [0.29, 0.717) is 0 Å². The fraction of sp³-hybridized carbons (Fsp3) is 0.111. The van der Waals surface area contributed by atoms with Gasteiger partial charge < -0.3 is 9.97 Å². The molecule has 8 bridgehead atoms. The summed E-state index contributed by atoms with van der Waals surface area (Å²) < 4.78 is 8.33. The summed E-state index contributed by atoms with van der Waals surface area (Å²) in [5, 5.41) is 0. The van der Waals surface area contributed by atoms with E-state index in [1.165, 1.54) is 0 Å². The standard InChI is InChI=1S/C36H28N8S4.Mn/c1-41-13-29(45-17-41)33-21-5-7-23(37-21)34(30-14-42(2)18-46-30)25-9-11-27(39-25)36(32-16-44(4)20-48-32)28-12-10-26(40-28)35(24-8-6-22(33)38-24)31-15-43(3)19-47-31;/h5-20H,1-4H3;/q2*+2. The minimum atomic E-state index is 0. The van der Waals surface area contributed by atoms with E-state index in [4.69, 9.17) is 19.9 Å². The second-order valence-corrected chi connectivity index (χ2v) is 15.4. The summed E-state index contributed by atoms with van der Waals surface area (Å²) >= 11 is 6.75. The van der Waals surface area contributed by atoms with E-state index in [-0.39, 0.29) is 17.1 Å². The zero-order chi connectivity index (χ0) is 32.5. The van der Waals surface area contributed by atoms with Crippen molar-refractivity contribution in [3.63, 3.8) is 0 Å². The topological polar surface area (TPSA) is 69.5 Å². The molecule has 9 heterocycles. The Kier molecular flexibility index (Phi) is 8.14. The largest absolute Gasteiger partial charge is 2.00 e. The molecule has 239 valence electrons. The third-order valence-corrected chi connectivity index (χ3v) is 12.3. The van der Waals surface area contributed by atoms with Crippen LogP contribution >= 0.6 is 45.3 Å². The van der Waals surface area contributed by atoms with Crippen molar-refractivity contribution in [3.8, 4) is 41.8 Å². The Bertz CT molecular complexity index is 2290. The number of rotatable bonds is 4. The molecular weight excluding hydrogens is 728 g/mol. The van der Waals surface area contributed by atoms with Crippen LogP contribution in [-0.2, 0) is 45.3 Å². The molecule has 0 amide bonds. The van der Waals surface area contributed by atoms with E-state index in [1.54, 1.807) is 45.3 Å². The van der Waals surface area contributed by atoms with Gasteiger partial charge in [-0.25, -0.2) is 9.97 Å². The van der Waals surface area contributed by atoms with Gasteiger partial charge in [-0.1, -0.05) is 69.6 Å². The Hall–Kier alpha value is -4.36. The summed E-state index contributed by atoms with van der Waals surface area (Å²) in [5.74, 6) is 0. The van der Waals surface area contributed by atoms with E-state index in [2.05, 4.69) is 114 Å². The Morgan fingerprint density at radius 2 is 0.673 bits per heavy atom. The summed E-state index contributed by atoms with van der Waals surface area (Å²) in [6.07, 6.45) is 17.1. The van der Waals surface area contributed by atoms with Gasteiger partial charge in [0.25, 0.3) is 0 Å². The molecule has 0 aromatic carbocycles. The quantitative estimate of drug-likeness (QED) is 0.160. The predicted octanol–water partition coefficient (Wildman–Crippen LogP) is 6.12. The van der Waals surface area contributed by atoms with Crippen LogP contribution in [0.5, 0.6) is 0 Å². The Morgan fingerprint density at radius 3 is 0.878 bits per heavy atom. The maximum Gasteiger partial charge on any atom is 2.00 e. The molecule has 2 aliphatic rings. The Labute approximate surface area is 308 Å². The molecule has 0 fully saturated rings. The third-order valence-electron chi connectivity index (χ3n) is 8.26. The average molecular weight is 756 g/mol. The molecule has 0 saturated heterocycles. The van der Waals surface area contributed by atoms with Crippen molar-refractivity contribution >= 4 is 91.7 Å². The number of fused-ring (bicyclic) bond motifs is 8. The van der Waals surface area contributed by atoms with E-state index < -0.39 is 0 Å². The Morgan fingerprint density at radius 1 is 0.429 bits per heavy atom. The van der Waals surface area contributed by atoms with E-state index in [0.717, 1.165) is 86.6 Å². The molecule has 0 N–H and O–H groups in total. The molecule has 13 heteroatoms. The van der Waals surface area contributed by atoms with Gasteiger partial charge in [0.15, 0.2) is 24.8 Å². The second kappa shape index (κ2) is 12.5. The van der Waals surface area contributed by atoms with Gasteiger partial charge in [-0.2, -0.15) is 18.3 Å². The van der Waals surface area contributed by atoms with Crippen molar-refractivity contribution in [1.82, 2.24) is 19.9 Å². The molecule has 0 unspecified atom stereocenters. The minimum absolute atomic E-state index is 0. The second-order valence-electron chi connectivity index (χ2n) is 11.9. The molecule has 0 spiro atoms. The first-order chi connectivity index (χ1) is 23.4. The van der Waals surface area contributed by atoms with Crippen molar-refractivity contribution < 1.29 is 35.3 Å². The molecule has 1 radical (unpaired) electrons. The van der Waals surface area contributed by atoms with E-state index in [9.17, 15) is 0 Å². The fourth-order valence-electron chi connectivity index (χ4n) is 6.13. The Balaban J connectivity index is 0.00000348. The zero-order valence-corrected chi connectivity index (χ0v) is 31.3. The van der Waals surface area contributed by atoms with Gasteiger partial charge in [-0.15, -0.1) is 22.1 Å². The monoisotopic (exact) mass is 755 g/mol. The van der Waals surface area contributed by atoms with Crippen LogP contribution in [0, 0.1) is 0 Å². The van der Waals surface area contributed by atoms with Gasteiger partial charge in [0.05, 0.1) is 22.8 Å². The van der Waals surface area contributed by atoms with E-state index in [1.807, 2.05) is 28.2 Å². The van der Waals surface area contributed by atoms with Crippen LogP contribution in [0.25, 0.3) is 88.1 Å². The van der Waals surface area contributed by atoms with Crippen molar-refractivity contribution in [3.05, 3.63) is 93.9 Å². The molecule has 7 aromatic rings. The van der Waals surface area contributed by atoms with Gasteiger partial charge >= 0.3 is 17.1 Å². The first kappa shape index (κ1) is 31.9. The molecule has 8 nitrogen and oxygen atoms in total. The molecule has 9 rings (SSSR count). The van der Waals surface area contributed by atoms with Gasteiger partial charge in [0.2, 0.25) is 22.0 Å². The average Bonchev–Trinajstić information content (AvgIpc) is 3.89. The first-order valence-corrected chi connectivity index (χ1v) is 18.7. The normalized spacial score (nSPS) is 12.2. The van der Waals surface area contributed by atoms with Crippen LogP contribution in [-0.4, -0.2) is 9.97 Å². The molecule has 7 aromatic heterocycles. The molecule has 49 heavy (non-hydrogen) atoms. The summed E-state index contributed by atoms with van der Waals surface area (Å²) in [6.45, 7) is 0. The van der Waals surface area contributed by atoms with Gasteiger partial charge in [-0.3, -0.25) is 0 Å². The number of hydrogen-bond donors (Lipinski definition) is 0. The number of aromatic nitrogens is 8. The van der Waals surface area contributed by atoms with Crippen molar-refractivity contribution in [2.24, 2.45) is 28.2 Å². The summed E-state index contributed by atoms with van der Waals surface area (Å²) in [6, 6.07) is 8.47. The summed E-state index contributed by atoms with van der Waals surface area (Å²) in [5.41, 5.74) is 19.5. The third kappa shape index (κ3) is 5.66. The van der Waals surface area contributed by atoms with Crippen molar-refractivity contribution in [2.75, 3.05) is 0 Å². The number of thiazole rings is 4. The first-order valence-electron chi connectivity index (χ1n) is 15.2. The minimum Gasteiger partial charge on any atom is -0.657 e. The molecule has 0 saturated carbocycles. The van der Waals surface area contributed by atoms with Gasteiger partial charge in [0.1, 0.15) is 47.7 Å².